The van der Waals surface area contributed by atoms with E-state index in [9.17, 15) is 14.4 Å². The molecule has 0 bridgehead atoms. The quantitative estimate of drug-likeness (QED) is 0.816. The van der Waals surface area contributed by atoms with E-state index in [0.29, 0.717) is 12.2 Å². The maximum Gasteiger partial charge on any atom is 0.325 e. The molecular formula is C20H20N4O3. The van der Waals surface area contributed by atoms with Crippen molar-refractivity contribution in [2.75, 3.05) is 11.9 Å². The van der Waals surface area contributed by atoms with Gasteiger partial charge in [0.1, 0.15) is 17.9 Å². The zero-order valence-electron chi connectivity index (χ0n) is 15.0. The van der Waals surface area contributed by atoms with Gasteiger partial charge in [0, 0.05) is 6.20 Å². The average molecular weight is 364 g/mol. The summed E-state index contributed by atoms with van der Waals surface area (Å²) >= 11 is 0. The lowest BCUT2D eigenvalue weighted by atomic mass is 9.76. The Kier molecular flexibility index (Phi) is 4.14. The average Bonchev–Trinajstić information content (AvgIpc) is 2.89. The van der Waals surface area contributed by atoms with E-state index in [-0.39, 0.29) is 12.5 Å². The third kappa shape index (κ3) is 2.85. The van der Waals surface area contributed by atoms with Gasteiger partial charge in [0.05, 0.1) is 0 Å². The van der Waals surface area contributed by atoms with Gasteiger partial charge >= 0.3 is 6.03 Å². The molecule has 1 aromatic heterocycles. The Morgan fingerprint density at radius 3 is 2.89 bits per heavy atom. The van der Waals surface area contributed by atoms with Crippen LogP contribution in [0.15, 0.2) is 42.6 Å². The molecule has 0 saturated carbocycles. The number of amides is 4. The molecule has 2 N–H and O–H groups in total. The van der Waals surface area contributed by atoms with Gasteiger partial charge in [0.25, 0.3) is 5.91 Å². The molecule has 7 heteroatoms. The highest BCUT2D eigenvalue weighted by atomic mass is 16.2. The lowest BCUT2D eigenvalue weighted by Gasteiger charge is -2.33. The van der Waals surface area contributed by atoms with Crippen LogP contribution in [0.25, 0.3) is 0 Å². The predicted molar refractivity (Wildman–Crippen MR) is 98.9 cm³/mol. The number of nitrogens with one attached hydrogen (secondary N) is 2. The van der Waals surface area contributed by atoms with E-state index in [1.54, 1.807) is 12.3 Å². The van der Waals surface area contributed by atoms with E-state index in [0.717, 1.165) is 34.4 Å². The highest BCUT2D eigenvalue weighted by molar-refractivity contribution is 6.10. The summed E-state index contributed by atoms with van der Waals surface area (Å²) < 4.78 is 0. The van der Waals surface area contributed by atoms with Crippen molar-refractivity contribution in [3.8, 4) is 0 Å². The first-order valence-electron chi connectivity index (χ1n) is 8.95. The van der Waals surface area contributed by atoms with Crippen LogP contribution in [-0.2, 0) is 21.5 Å². The Hall–Kier alpha value is -3.22. The predicted octanol–water partition coefficient (Wildman–Crippen LogP) is 2.11. The molecule has 1 saturated heterocycles. The Labute approximate surface area is 156 Å². The summed E-state index contributed by atoms with van der Waals surface area (Å²) in [5.41, 5.74) is 1.64. The molecule has 1 fully saturated rings. The van der Waals surface area contributed by atoms with Gasteiger partial charge in [-0.15, -0.1) is 0 Å². The number of urea groups is 1. The van der Waals surface area contributed by atoms with Crippen LogP contribution in [0.2, 0.25) is 0 Å². The Morgan fingerprint density at radius 1 is 1.26 bits per heavy atom. The lowest BCUT2D eigenvalue weighted by molar-refractivity contribution is -0.134. The van der Waals surface area contributed by atoms with Crippen molar-refractivity contribution in [1.29, 1.82) is 0 Å². The van der Waals surface area contributed by atoms with Crippen molar-refractivity contribution in [2.24, 2.45) is 0 Å². The minimum Gasteiger partial charge on any atom is -0.319 e. The highest BCUT2D eigenvalue weighted by Gasteiger charge is 2.54. The third-order valence-corrected chi connectivity index (χ3v) is 5.22. The summed E-state index contributed by atoms with van der Waals surface area (Å²) in [5.74, 6) is -0.402. The molecule has 1 aliphatic heterocycles. The number of anilines is 1. The van der Waals surface area contributed by atoms with E-state index in [1.807, 2.05) is 37.3 Å². The number of aromatic nitrogens is 1. The zero-order valence-corrected chi connectivity index (χ0v) is 15.0. The summed E-state index contributed by atoms with van der Waals surface area (Å²) in [4.78, 5) is 43.2. The van der Waals surface area contributed by atoms with Crippen LogP contribution in [0.4, 0.5) is 10.6 Å². The van der Waals surface area contributed by atoms with Crippen molar-refractivity contribution in [3.05, 3.63) is 59.3 Å². The van der Waals surface area contributed by atoms with Crippen LogP contribution in [-0.4, -0.2) is 34.3 Å². The van der Waals surface area contributed by atoms with Gasteiger partial charge in [-0.25, -0.2) is 9.78 Å². The minimum atomic E-state index is -1.06. The van der Waals surface area contributed by atoms with Crippen molar-refractivity contribution < 1.29 is 14.4 Å². The van der Waals surface area contributed by atoms with Gasteiger partial charge in [0.15, 0.2) is 0 Å². The number of benzene rings is 1. The van der Waals surface area contributed by atoms with Gasteiger partial charge in [-0.05, 0) is 48.9 Å². The molecule has 27 heavy (non-hydrogen) atoms. The van der Waals surface area contributed by atoms with E-state index < -0.39 is 17.5 Å². The fraction of sp³-hybridized carbons (Fsp3) is 0.300. The first-order chi connectivity index (χ1) is 13.0. The molecule has 2 heterocycles. The molecule has 1 spiro atoms. The van der Waals surface area contributed by atoms with Crippen LogP contribution in [0.1, 0.15) is 29.5 Å². The topological polar surface area (TPSA) is 91.4 Å². The van der Waals surface area contributed by atoms with Crippen LogP contribution in [0.5, 0.6) is 0 Å². The van der Waals surface area contributed by atoms with Crippen LogP contribution >= 0.6 is 0 Å². The monoisotopic (exact) mass is 364 g/mol. The number of fused-ring (bicyclic) bond motifs is 2. The van der Waals surface area contributed by atoms with Gasteiger partial charge < -0.3 is 10.6 Å². The molecule has 4 amide bonds. The van der Waals surface area contributed by atoms with Gasteiger partial charge in [0.2, 0.25) is 5.91 Å². The second-order valence-corrected chi connectivity index (χ2v) is 6.95. The molecule has 1 aromatic carbocycles. The smallest absolute Gasteiger partial charge is 0.319 e. The summed E-state index contributed by atoms with van der Waals surface area (Å²) in [6, 6.07) is 10.7. The van der Waals surface area contributed by atoms with E-state index in [2.05, 4.69) is 15.6 Å². The van der Waals surface area contributed by atoms with Gasteiger partial charge in [-0.1, -0.05) is 30.3 Å². The summed E-state index contributed by atoms with van der Waals surface area (Å²) in [6.07, 6.45) is 3.78. The molecule has 0 unspecified atom stereocenters. The molecule has 0 radical (unpaired) electrons. The molecular weight excluding hydrogens is 344 g/mol. The summed E-state index contributed by atoms with van der Waals surface area (Å²) in [7, 11) is 0. The van der Waals surface area contributed by atoms with Crippen LogP contribution < -0.4 is 10.6 Å². The summed E-state index contributed by atoms with van der Waals surface area (Å²) in [6.45, 7) is 1.48. The van der Waals surface area contributed by atoms with Gasteiger partial charge in [-0.2, -0.15) is 0 Å². The number of imide groups is 1. The standard InChI is InChI=1S/C20H20N4O3/c1-13-6-5-11-21-17(13)22-16(25)12-24-18(26)20(23-19(24)27)10-4-8-14-7-2-3-9-15(14)20/h2-3,5-7,9,11H,4,8,10,12H2,1H3,(H,23,27)(H,21,22,25)/t20-/m1/s1. The van der Waals surface area contributed by atoms with Crippen molar-refractivity contribution in [2.45, 2.75) is 31.7 Å². The molecule has 2 aliphatic rings. The molecule has 2 aromatic rings. The fourth-order valence-corrected chi connectivity index (χ4v) is 3.89. The lowest BCUT2D eigenvalue weighted by Crippen LogP contribution is -2.47. The fourth-order valence-electron chi connectivity index (χ4n) is 3.89. The highest BCUT2D eigenvalue weighted by Crippen LogP contribution is 2.39. The van der Waals surface area contributed by atoms with E-state index in [4.69, 9.17) is 0 Å². The largest absolute Gasteiger partial charge is 0.325 e. The minimum absolute atomic E-state index is 0.343. The second kappa shape index (κ2) is 6.50. The third-order valence-electron chi connectivity index (χ3n) is 5.22. The zero-order chi connectivity index (χ0) is 19.0. The van der Waals surface area contributed by atoms with E-state index >= 15 is 0 Å². The van der Waals surface area contributed by atoms with E-state index in [1.165, 1.54) is 0 Å². The number of carbonyl (C=O) groups is 3. The van der Waals surface area contributed by atoms with Crippen molar-refractivity contribution in [1.82, 2.24) is 15.2 Å². The molecule has 7 nitrogen and oxygen atoms in total. The molecule has 1 aliphatic carbocycles. The van der Waals surface area contributed by atoms with Gasteiger partial charge in [-0.3, -0.25) is 14.5 Å². The number of hydrogen-bond acceptors (Lipinski definition) is 4. The Morgan fingerprint density at radius 2 is 2.07 bits per heavy atom. The van der Waals surface area contributed by atoms with Crippen molar-refractivity contribution >= 4 is 23.7 Å². The first-order valence-corrected chi connectivity index (χ1v) is 8.95. The number of rotatable bonds is 3. The number of pyridine rings is 1. The van der Waals surface area contributed by atoms with Crippen LogP contribution in [0.3, 0.4) is 0 Å². The first kappa shape index (κ1) is 17.2. The maximum absolute atomic E-state index is 13.2. The summed E-state index contributed by atoms with van der Waals surface area (Å²) in [5, 5.41) is 5.51. The van der Waals surface area contributed by atoms with Crippen molar-refractivity contribution in [3.63, 3.8) is 0 Å². The SMILES string of the molecule is Cc1cccnc1NC(=O)CN1C(=O)N[C@@]2(CCCc3ccccc32)C1=O. The number of aryl methyl sites for hydroxylation is 2. The number of carbonyl (C=O) groups excluding carboxylic acids is 3. The molecule has 138 valence electrons. The number of hydrogen-bond donors (Lipinski definition) is 2. The Bertz CT molecular complexity index is 942. The molecule has 1 atom stereocenters. The number of nitrogens with zero attached hydrogens (tertiary/aromatic N) is 2. The van der Waals surface area contributed by atoms with Crippen LogP contribution in [0, 0.1) is 6.92 Å². The normalized spacial score (nSPS) is 21.1. The maximum atomic E-state index is 13.2. The Balaban J connectivity index is 1.56. The second-order valence-electron chi connectivity index (χ2n) is 6.95. The molecule has 4 rings (SSSR count).